The number of hydrogen-bond donors (Lipinski definition) is 2. The molecule has 0 saturated carbocycles. The maximum absolute atomic E-state index is 6.34. The van der Waals surface area contributed by atoms with Crippen LogP contribution in [0.25, 0.3) is 22.6 Å². The molecule has 1 atom stereocenters. The predicted molar refractivity (Wildman–Crippen MR) is 127 cm³/mol. The summed E-state index contributed by atoms with van der Waals surface area (Å²) in [5, 5.41) is 12.3. The van der Waals surface area contributed by atoms with Crippen LogP contribution in [0.2, 0.25) is 5.02 Å². The average Bonchev–Trinajstić information content (AvgIpc) is 3.27. The Bertz CT molecular complexity index is 1220. The van der Waals surface area contributed by atoms with E-state index in [0.717, 1.165) is 65.2 Å². The Morgan fingerprint density at radius 3 is 2.84 bits per heavy atom. The minimum Gasteiger partial charge on any atom is -0.378 e. The van der Waals surface area contributed by atoms with Gasteiger partial charge in [-0.15, -0.1) is 0 Å². The minimum absolute atomic E-state index is 0.0690. The fourth-order valence-electron chi connectivity index (χ4n) is 3.86. The van der Waals surface area contributed by atoms with Crippen molar-refractivity contribution in [2.24, 2.45) is 0 Å². The van der Waals surface area contributed by atoms with E-state index in [0.29, 0.717) is 5.70 Å². The molecule has 1 unspecified atom stereocenters. The van der Waals surface area contributed by atoms with E-state index in [9.17, 15) is 0 Å². The lowest BCUT2D eigenvalue weighted by Crippen LogP contribution is -2.41. The molecule has 2 aliphatic rings. The van der Waals surface area contributed by atoms with E-state index in [1.165, 1.54) is 0 Å². The molecule has 8 heteroatoms. The summed E-state index contributed by atoms with van der Waals surface area (Å²) < 4.78 is 7.25. The maximum atomic E-state index is 6.34. The molecule has 1 saturated heterocycles. The van der Waals surface area contributed by atoms with Gasteiger partial charge in [0.15, 0.2) is 5.65 Å². The average molecular weight is 449 g/mol. The number of benzene rings is 1. The summed E-state index contributed by atoms with van der Waals surface area (Å²) in [6.07, 6.45) is 7.95. The van der Waals surface area contributed by atoms with Crippen molar-refractivity contribution in [2.45, 2.75) is 13.1 Å². The van der Waals surface area contributed by atoms with Gasteiger partial charge >= 0.3 is 0 Å². The number of nitrogens with zero attached hydrogens (tertiary/aromatic N) is 4. The molecular weight excluding hydrogens is 424 g/mol. The molecule has 1 aromatic carbocycles. The second-order valence-corrected chi connectivity index (χ2v) is 8.30. The van der Waals surface area contributed by atoms with Crippen LogP contribution in [0, 0.1) is 6.92 Å². The van der Waals surface area contributed by atoms with Gasteiger partial charge in [0.2, 0.25) is 0 Å². The lowest BCUT2D eigenvalue weighted by atomic mass is 10.1. The summed E-state index contributed by atoms with van der Waals surface area (Å²) in [6.45, 7) is 9.53. The molecule has 164 valence electrons. The van der Waals surface area contributed by atoms with Crippen molar-refractivity contribution in [3.05, 3.63) is 83.4 Å². The van der Waals surface area contributed by atoms with Crippen LogP contribution in [0.1, 0.15) is 11.3 Å². The number of halogens is 1. The molecule has 0 spiro atoms. The van der Waals surface area contributed by atoms with Gasteiger partial charge in [-0.3, -0.25) is 0 Å². The molecule has 2 aliphatic heterocycles. The van der Waals surface area contributed by atoms with E-state index in [1.807, 2.05) is 48.0 Å². The van der Waals surface area contributed by atoms with E-state index in [2.05, 4.69) is 39.2 Å². The van der Waals surface area contributed by atoms with E-state index in [4.69, 9.17) is 21.4 Å². The highest BCUT2D eigenvalue weighted by Crippen LogP contribution is 2.26. The van der Waals surface area contributed by atoms with Crippen molar-refractivity contribution in [1.82, 2.24) is 30.1 Å². The van der Waals surface area contributed by atoms with Gasteiger partial charge in [0, 0.05) is 42.1 Å². The highest BCUT2D eigenvalue weighted by atomic mass is 35.5. The molecule has 3 aromatic rings. The van der Waals surface area contributed by atoms with Gasteiger partial charge < -0.3 is 20.3 Å². The van der Waals surface area contributed by atoms with Gasteiger partial charge in [-0.2, -0.15) is 5.10 Å². The first-order valence-electron chi connectivity index (χ1n) is 10.6. The van der Waals surface area contributed by atoms with Gasteiger partial charge in [-0.25, -0.2) is 9.50 Å². The number of fused-ring (bicyclic) bond motifs is 1. The predicted octanol–water partition coefficient (Wildman–Crippen LogP) is 3.58. The number of rotatable bonds is 5. The zero-order valence-electron chi connectivity index (χ0n) is 17.9. The number of aryl methyl sites for hydroxylation is 1. The van der Waals surface area contributed by atoms with Gasteiger partial charge in [0.1, 0.15) is 11.9 Å². The van der Waals surface area contributed by atoms with Crippen LogP contribution in [0.3, 0.4) is 0 Å². The quantitative estimate of drug-likeness (QED) is 0.622. The van der Waals surface area contributed by atoms with Gasteiger partial charge in [-0.05, 0) is 36.8 Å². The van der Waals surface area contributed by atoms with Crippen molar-refractivity contribution in [3.8, 4) is 11.3 Å². The van der Waals surface area contributed by atoms with Crippen LogP contribution in [0.4, 0.5) is 0 Å². The van der Waals surface area contributed by atoms with E-state index < -0.39 is 0 Å². The van der Waals surface area contributed by atoms with Crippen LogP contribution in [-0.4, -0.2) is 52.0 Å². The third kappa shape index (κ3) is 4.09. The Labute approximate surface area is 192 Å². The number of allylic oxidation sites excluding steroid dienone is 1. The first-order valence-corrected chi connectivity index (χ1v) is 11.0. The summed E-state index contributed by atoms with van der Waals surface area (Å²) >= 11 is 6.34. The molecule has 0 aliphatic carbocycles. The second kappa shape index (κ2) is 8.68. The van der Waals surface area contributed by atoms with Gasteiger partial charge in [0.25, 0.3) is 0 Å². The molecule has 0 amide bonds. The number of aromatic nitrogens is 3. The summed E-state index contributed by atoms with van der Waals surface area (Å²) in [4.78, 5) is 6.77. The lowest BCUT2D eigenvalue weighted by Gasteiger charge is -2.32. The Hall–Kier alpha value is -3.29. The van der Waals surface area contributed by atoms with Gasteiger partial charge in [0.05, 0.1) is 30.3 Å². The lowest BCUT2D eigenvalue weighted by molar-refractivity contribution is 0.0549. The number of ether oxygens (including phenoxy) is 1. The van der Waals surface area contributed by atoms with Crippen LogP contribution < -0.4 is 10.6 Å². The monoisotopic (exact) mass is 448 g/mol. The highest BCUT2D eigenvalue weighted by molar-refractivity contribution is 6.31. The van der Waals surface area contributed by atoms with E-state index in [-0.39, 0.29) is 6.17 Å². The third-order valence-corrected chi connectivity index (χ3v) is 6.12. The molecular formula is C24H25ClN6O. The number of nitrogens with one attached hydrogen (secondary N) is 2. The zero-order valence-corrected chi connectivity index (χ0v) is 18.6. The highest BCUT2D eigenvalue weighted by Gasteiger charge is 2.17. The number of hydrogen-bond acceptors (Lipinski definition) is 6. The standard InChI is InChI=1S/C24H25ClN6O/c1-16-3-4-18(13-20(16)25)22-7-8-26-24-14-21(29-31(22)24)17(2)28-23-6-5-19(15-27-23)30-9-11-32-12-10-30/h3-8,13-15,23,27-28H,2,9-12H2,1H3. The van der Waals surface area contributed by atoms with Crippen LogP contribution in [0.5, 0.6) is 0 Å². The Kier molecular flexibility index (Phi) is 5.59. The first kappa shape index (κ1) is 20.6. The first-order chi connectivity index (χ1) is 15.6. The SMILES string of the molecule is C=C(NC1C=CC(N2CCOCC2)=CN1)c1cc2nccc(-c3ccc(C)c(Cl)c3)n2n1. The summed E-state index contributed by atoms with van der Waals surface area (Å²) in [6, 6.07) is 9.86. The second-order valence-electron chi connectivity index (χ2n) is 7.89. The van der Waals surface area contributed by atoms with E-state index in [1.54, 1.807) is 6.20 Å². The zero-order chi connectivity index (χ0) is 22.1. The van der Waals surface area contributed by atoms with Crippen molar-refractivity contribution in [2.75, 3.05) is 26.3 Å². The van der Waals surface area contributed by atoms with Crippen molar-refractivity contribution in [3.63, 3.8) is 0 Å². The Balaban J connectivity index is 1.32. The summed E-state index contributed by atoms with van der Waals surface area (Å²) in [5.41, 5.74) is 6.31. The molecule has 32 heavy (non-hydrogen) atoms. The maximum Gasteiger partial charge on any atom is 0.156 e. The Morgan fingerprint density at radius 1 is 1.25 bits per heavy atom. The molecule has 1 fully saturated rings. The van der Waals surface area contributed by atoms with Crippen molar-refractivity contribution in [1.29, 1.82) is 0 Å². The molecule has 0 radical (unpaired) electrons. The molecule has 2 aromatic heterocycles. The summed E-state index contributed by atoms with van der Waals surface area (Å²) in [7, 11) is 0. The van der Waals surface area contributed by atoms with Crippen molar-refractivity contribution >= 4 is 22.9 Å². The summed E-state index contributed by atoms with van der Waals surface area (Å²) in [5.74, 6) is 0. The molecule has 4 heterocycles. The van der Waals surface area contributed by atoms with Crippen LogP contribution in [0.15, 0.2) is 67.2 Å². The third-order valence-electron chi connectivity index (χ3n) is 5.71. The molecule has 7 nitrogen and oxygen atoms in total. The van der Waals surface area contributed by atoms with Crippen LogP contribution in [-0.2, 0) is 4.74 Å². The molecule has 5 rings (SSSR count). The van der Waals surface area contributed by atoms with Crippen LogP contribution >= 0.6 is 11.6 Å². The largest absolute Gasteiger partial charge is 0.378 e. The van der Waals surface area contributed by atoms with E-state index >= 15 is 0 Å². The normalized spacial score (nSPS) is 18.4. The Morgan fingerprint density at radius 2 is 2.09 bits per heavy atom. The molecule has 0 bridgehead atoms. The topological polar surface area (TPSA) is 66.7 Å². The van der Waals surface area contributed by atoms with Crippen molar-refractivity contribution < 1.29 is 4.74 Å². The fourth-order valence-corrected chi connectivity index (χ4v) is 4.04. The smallest absolute Gasteiger partial charge is 0.156 e. The number of dihydropyridines is 1. The number of morpholine rings is 1. The molecule has 2 N–H and O–H groups in total. The van der Waals surface area contributed by atoms with Gasteiger partial charge in [-0.1, -0.05) is 30.3 Å². The fraction of sp³-hybridized carbons (Fsp3) is 0.250. The minimum atomic E-state index is -0.0690.